The summed E-state index contributed by atoms with van der Waals surface area (Å²) in [6, 6.07) is 21.2. The number of rotatable bonds is 6. The van der Waals surface area contributed by atoms with Gasteiger partial charge in [0.25, 0.3) is 0 Å². The maximum absolute atomic E-state index is 12.8. The molecule has 1 saturated heterocycles. The van der Waals surface area contributed by atoms with Crippen LogP contribution in [0.15, 0.2) is 60.7 Å². The van der Waals surface area contributed by atoms with E-state index in [9.17, 15) is 4.79 Å². The minimum Gasteiger partial charge on any atom is -0.369 e. The average Bonchev–Trinajstić information content (AvgIpc) is 3.52. The molecule has 1 unspecified atom stereocenters. The molecule has 0 radical (unpaired) electrons. The third-order valence-electron chi connectivity index (χ3n) is 5.38. The molecule has 4 heteroatoms. The van der Waals surface area contributed by atoms with Crippen molar-refractivity contribution in [1.29, 1.82) is 0 Å². The Morgan fingerprint density at radius 2 is 1.54 bits per heavy atom. The number of nitrogens with zero attached hydrogens (tertiary/aromatic N) is 2. The lowest BCUT2D eigenvalue weighted by Crippen LogP contribution is -2.49. The summed E-state index contributed by atoms with van der Waals surface area (Å²) >= 11 is 0. The van der Waals surface area contributed by atoms with Crippen molar-refractivity contribution in [2.24, 2.45) is 0 Å². The van der Waals surface area contributed by atoms with Gasteiger partial charge in [0.05, 0.1) is 5.92 Å². The zero-order chi connectivity index (χ0) is 17.8. The van der Waals surface area contributed by atoms with Crippen LogP contribution < -0.4 is 10.2 Å². The van der Waals surface area contributed by atoms with Crippen molar-refractivity contribution in [1.82, 2.24) is 10.2 Å². The van der Waals surface area contributed by atoms with Gasteiger partial charge in [-0.05, 0) is 30.5 Å². The van der Waals surface area contributed by atoms with Crippen LogP contribution in [0.4, 0.5) is 5.69 Å². The number of hydrogen-bond acceptors (Lipinski definition) is 3. The first-order chi connectivity index (χ1) is 12.8. The van der Waals surface area contributed by atoms with Gasteiger partial charge in [-0.1, -0.05) is 48.5 Å². The first-order valence-corrected chi connectivity index (χ1v) is 9.67. The summed E-state index contributed by atoms with van der Waals surface area (Å²) in [5.41, 5.74) is 2.41. The van der Waals surface area contributed by atoms with Crippen LogP contribution in [0.25, 0.3) is 0 Å². The monoisotopic (exact) mass is 349 g/mol. The van der Waals surface area contributed by atoms with E-state index in [4.69, 9.17) is 0 Å². The van der Waals surface area contributed by atoms with E-state index in [0.717, 1.165) is 51.1 Å². The van der Waals surface area contributed by atoms with Crippen molar-refractivity contribution in [3.63, 3.8) is 0 Å². The molecule has 1 heterocycles. The molecule has 4 rings (SSSR count). The van der Waals surface area contributed by atoms with Gasteiger partial charge in [-0.2, -0.15) is 0 Å². The van der Waals surface area contributed by atoms with Gasteiger partial charge in [-0.3, -0.25) is 9.69 Å². The largest absolute Gasteiger partial charge is 0.369 e. The predicted molar refractivity (Wildman–Crippen MR) is 105 cm³/mol. The highest BCUT2D eigenvalue weighted by Gasteiger charge is 2.30. The molecule has 1 aliphatic carbocycles. The number of nitrogens with one attached hydrogen (secondary N) is 1. The van der Waals surface area contributed by atoms with E-state index >= 15 is 0 Å². The molecule has 1 N–H and O–H groups in total. The Hall–Kier alpha value is -2.33. The molecule has 136 valence electrons. The van der Waals surface area contributed by atoms with Gasteiger partial charge in [0.2, 0.25) is 5.91 Å². The number of piperazine rings is 1. The van der Waals surface area contributed by atoms with E-state index in [-0.39, 0.29) is 11.8 Å². The van der Waals surface area contributed by atoms with Gasteiger partial charge in [0.15, 0.2) is 0 Å². The number of carbonyl (C=O) groups excluding carboxylic acids is 1. The van der Waals surface area contributed by atoms with Crippen LogP contribution in [-0.2, 0) is 4.79 Å². The predicted octanol–water partition coefficient (Wildman–Crippen LogP) is 2.87. The lowest BCUT2D eigenvalue weighted by atomic mass is 9.97. The topological polar surface area (TPSA) is 35.6 Å². The molecule has 0 aromatic heterocycles. The molecule has 1 amide bonds. The van der Waals surface area contributed by atoms with E-state index in [1.54, 1.807) is 0 Å². The van der Waals surface area contributed by atoms with Crippen molar-refractivity contribution >= 4 is 11.6 Å². The highest BCUT2D eigenvalue weighted by Crippen LogP contribution is 2.24. The third-order valence-corrected chi connectivity index (χ3v) is 5.38. The van der Waals surface area contributed by atoms with Crippen LogP contribution >= 0.6 is 0 Å². The smallest absolute Gasteiger partial charge is 0.229 e. The van der Waals surface area contributed by atoms with Crippen LogP contribution in [0.2, 0.25) is 0 Å². The van der Waals surface area contributed by atoms with Crippen LogP contribution in [0.1, 0.15) is 24.3 Å². The van der Waals surface area contributed by atoms with Crippen LogP contribution in [0.3, 0.4) is 0 Å². The molecule has 2 aliphatic rings. The highest BCUT2D eigenvalue weighted by atomic mass is 16.2. The molecule has 2 aromatic carbocycles. The van der Waals surface area contributed by atoms with Gasteiger partial charge in [0, 0.05) is 44.5 Å². The normalized spacial score (nSPS) is 19.2. The number of carbonyl (C=O) groups is 1. The molecular weight excluding hydrogens is 322 g/mol. The Balaban J connectivity index is 1.39. The molecule has 4 nitrogen and oxygen atoms in total. The maximum atomic E-state index is 12.8. The van der Waals surface area contributed by atoms with E-state index in [2.05, 4.69) is 57.6 Å². The second kappa shape index (κ2) is 7.92. The minimum absolute atomic E-state index is 0.0833. The molecule has 0 spiro atoms. The summed E-state index contributed by atoms with van der Waals surface area (Å²) in [6.45, 7) is 4.81. The summed E-state index contributed by atoms with van der Waals surface area (Å²) in [6.07, 6.45) is 2.26. The van der Waals surface area contributed by atoms with Gasteiger partial charge < -0.3 is 10.2 Å². The van der Waals surface area contributed by atoms with Crippen molar-refractivity contribution in [3.05, 3.63) is 66.2 Å². The Morgan fingerprint density at radius 3 is 2.15 bits per heavy atom. The number of anilines is 1. The summed E-state index contributed by atoms with van der Waals surface area (Å²) in [5, 5.41) is 3.20. The van der Waals surface area contributed by atoms with E-state index < -0.39 is 0 Å². The molecule has 26 heavy (non-hydrogen) atoms. The number of benzene rings is 2. The third kappa shape index (κ3) is 4.25. The summed E-state index contributed by atoms with van der Waals surface area (Å²) in [4.78, 5) is 17.7. The van der Waals surface area contributed by atoms with Crippen molar-refractivity contribution in [2.75, 3.05) is 37.6 Å². The van der Waals surface area contributed by atoms with E-state index in [1.807, 2.05) is 18.2 Å². The molecule has 2 aromatic rings. The highest BCUT2D eigenvalue weighted by molar-refractivity contribution is 5.84. The van der Waals surface area contributed by atoms with Crippen LogP contribution in [0, 0.1) is 0 Å². The van der Waals surface area contributed by atoms with E-state index in [1.165, 1.54) is 5.69 Å². The fourth-order valence-corrected chi connectivity index (χ4v) is 3.64. The number of amides is 1. The van der Waals surface area contributed by atoms with Gasteiger partial charge in [-0.25, -0.2) is 0 Å². The Labute approximate surface area is 155 Å². The second-order valence-corrected chi connectivity index (χ2v) is 7.37. The quantitative estimate of drug-likeness (QED) is 0.871. The SMILES string of the molecule is O=C(NC1CC1)C(CN1CCN(c2ccccc2)CC1)c1ccccc1. The Bertz CT molecular complexity index is 707. The first-order valence-electron chi connectivity index (χ1n) is 9.67. The van der Waals surface area contributed by atoms with Crippen molar-refractivity contribution in [2.45, 2.75) is 24.8 Å². The molecular formula is C22H27N3O. The molecule has 1 saturated carbocycles. The average molecular weight is 349 g/mol. The standard InChI is InChI=1S/C22H27N3O/c26-22(23-19-11-12-19)21(18-7-3-1-4-8-18)17-24-13-15-25(16-14-24)20-9-5-2-6-10-20/h1-10,19,21H,11-17H2,(H,23,26). The molecule has 2 fully saturated rings. The number of hydrogen-bond donors (Lipinski definition) is 1. The molecule has 0 bridgehead atoms. The Morgan fingerprint density at radius 1 is 0.923 bits per heavy atom. The van der Waals surface area contributed by atoms with E-state index in [0.29, 0.717) is 6.04 Å². The summed E-state index contributed by atoms with van der Waals surface area (Å²) < 4.78 is 0. The first kappa shape index (κ1) is 17.1. The van der Waals surface area contributed by atoms with Crippen LogP contribution in [-0.4, -0.2) is 49.6 Å². The minimum atomic E-state index is -0.0833. The van der Waals surface area contributed by atoms with Gasteiger partial charge in [-0.15, -0.1) is 0 Å². The summed E-state index contributed by atoms with van der Waals surface area (Å²) in [5.74, 6) is 0.101. The zero-order valence-electron chi connectivity index (χ0n) is 15.2. The lowest BCUT2D eigenvalue weighted by Gasteiger charge is -2.37. The Kier molecular flexibility index (Phi) is 5.21. The van der Waals surface area contributed by atoms with Crippen molar-refractivity contribution in [3.8, 4) is 0 Å². The molecule has 1 atom stereocenters. The number of para-hydroxylation sites is 1. The maximum Gasteiger partial charge on any atom is 0.229 e. The summed E-state index contributed by atoms with van der Waals surface area (Å²) in [7, 11) is 0. The van der Waals surface area contributed by atoms with Gasteiger partial charge in [0.1, 0.15) is 0 Å². The lowest BCUT2D eigenvalue weighted by molar-refractivity contribution is -0.123. The fourth-order valence-electron chi connectivity index (χ4n) is 3.64. The fraction of sp³-hybridized carbons (Fsp3) is 0.409. The van der Waals surface area contributed by atoms with Crippen molar-refractivity contribution < 1.29 is 4.79 Å². The molecule has 1 aliphatic heterocycles. The van der Waals surface area contributed by atoms with Gasteiger partial charge >= 0.3 is 0 Å². The second-order valence-electron chi connectivity index (χ2n) is 7.37. The zero-order valence-corrected chi connectivity index (χ0v) is 15.2. The van der Waals surface area contributed by atoms with Crippen LogP contribution in [0.5, 0.6) is 0 Å².